The van der Waals surface area contributed by atoms with Crippen LogP contribution in [0.2, 0.25) is 0 Å². The fourth-order valence-corrected chi connectivity index (χ4v) is 4.80. The summed E-state index contributed by atoms with van der Waals surface area (Å²) in [6.07, 6.45) is 3.01. The van der Waals surface area contributed by atoms with Gasteiger partial charge in [-0.3, -0.25) is 5.32 Å². The lowest BCUT2D eigenvalue weighted by Crippen LogP contribution is -2.48. The molecule has 1 aromatic heterocycles. The molecule has 2 heterocycles. The average molecular weight is 290 g/mol. The van der Waals surface area contributed by atoms with E-state index >= 15 is 0 Å². The van der Waals surface area contributed by atoms with E-state index in [1.807, 2.05) is 18.0 Å². The van der Waals surface area contributed by atoms with Crippen LogP contribution in [0.4, 0.5) is 0 Å². The maximum atomic E-state index is 4.61. The minimum absolute atomic E-state index is 0.107. The van der Waals surface area contributed by atoms with Crippen LogP contribution in [0.3, 0.4) is 0 Å². The molecule has 1 atom stereocenters. The number of hydrogen-bond donors (Lipinski definition) is 1. The molecule has 1 unspecified atom stereocenters. The van der Waals surface area contributed by atoms with Gasteiger partial charge in [0, 0.05) is 28.3 Å². The largest absolute Gasteiger partial charge is 0.299 e. The Morgan fingerprint density at radius 3 is 2.89 bits per heavy atom. The van der Waals surface area contributed by atoms with Crippen LogP contribution in [0.1, 0.15) is 30.8 Å². The van der Waals surface area contributed by atoms with Gasteiger partial charge in [0.05, 0.1) is 5.54 Å². The van der Waals surface area contributed by atoms with Crippen LogP contribution in [0.5, 0.6) is 0 Å². The van der Waals surface area contributed by atoms with Crippen LogP contribution in [0, 0.1) is 0 Å². The topological polar surface area (TPSA) is 24.9 Å². The number of nitrogens with zero attached hydrogens (tertiary/aromatic N) is 1. The Kier molecular flexibility index (Phi) is 3.65. The number of rotatable bonds is 3. The van der Waals surface area contributed by atoms with E-state index in [4.69, 9.17) is 0 Å². The van der Waals surface area contributed by atoms with Gasteiger partial charge in [-0.25, -0.2) is 4.98 Å². The van der Waals surface area contributed by atoms with E-state index in [-0.39, 0.29) is 5.54 Å². The number of thiazole rings is 1. The van der Waals surface area contributed by atoms with Crippen LogP contribution >= 0.6 is 23.1 Å². The van der Waals surface area contributed by atoms with Gasteiger partial charge in [-0.05, 0) is 31.9 Å². The van der Waals surface area contributed by atoms with Gasteiger partial charge < -0.3 is 0 Å². The predicted octanol–water partition coefficient (Wildman–Crippen LogP) is 3.88. The summed E-state index contributed by atoms with van der Waals surface area (Å²) in [6, 6.07) is 9.16. The summed E-state index contributed by atoms with van der Waals surface area (Å²) in [5.41, 5.74) is 1.28. The van der Waals surface area contributed by atoms with E-state index in [0.717, 1.165) is 12.2 Å². The molecule has 1 aromatic carbocycles. The zero-order valence-electron chi connectivity index (χ0n) is 11.2. The van der Waals surface area contributed by atoms with E-state index in [9.17, 15) is 0 Å². The zero-order chi connectivity index (χ0) is 13.3. The molecule has 1 N–H and O–H groups in total. The smallest absolute Gasteiger partial charge is 0.117 e. The maximum absolute atomic E-state index is 4.61. The molecule has 1 aliphatic rings. The Morgan fingerprint density at radius 2 is 2.16 bits per heavy atom. The van der Waals surface area contributed by atoms with Gasteiger partial charge in [0.25, 0.3) is 0 Å². The molecule has 0 radical (unpaired) electrons. The van der Waals surface area contributed by atoms with E-state index < -0.39 is 0 Å². The molecular weight excluding hydrogens is 272 g/mol. The Hall–Kier alpha value is -0.840. The molecule has 0 aliphatic carbocycles. The van der Waals surface area contributed by atoms with Gasteiger partial charge in [0.15, 0.2) is 0 Å². The molecule has 0 fully saturated rings. The first-order chi connectivity index (χ1) is 9.22. The molecule has 1 aliphatic heterocycles. The summed E-state index contributed by atoms with van der Waals surface area (Å²) in [5, 5.41) is 7.05. The van der Waals surface area contributed by atoms with E-state index in [0.29, 0.717) is 6.04 Å². The standard InChI is InChI=1S/C15H18N2S2/c1-11(2)17-15(14-16-8-10-19-14)7-9-18-13-6-4-3-5-12(13)15/h3-6,8,10-11,17H,7,9H2,1-2H3. The molecule has 2 aromatic rings. The average Bonchev–Trinajstić information content (AvgIpc) is 2.93. The monoisotopic (exact) mass is 290 g/mol. The quantitative estimate of drug-likeness (QED) is 0.928. The third kappa shape index (κ3) is 2.33. The molecule has 0 amide bonds. The number of aromatic nitrogens is 1. The summed E-state index contributed by atoms with van der Waals surface area (Å²) in [7, 11) is 0. The predicted molar refractivity (Wildman–Crippen MR) is 82.9 cm³/mol. The van der Waals surface area contributed by atoms with Crippen LogP contribution in [0.25, 0.3) is 0 Å². The Bertz CT molecular complexity index is 551. The second-order valence-corrected chi connectivity index (χ2v) is 7.17. The van der Waals surface area contributed by atoms with E-state index in [1.165, 1.54) is 15.5 Å². The number of benzene rings is 1. The van der Waals surface area contributed by atoms with Crippen molar-refractivity contribution in [3.05, 3.63) is 46.4 Å². The van der Waals surface area contributed by atoms with E-state index in [1.54, 1.807) is 11.3 Å². The highest BCUT2D eigenvalue weighted by molar-refractivity contribution is 7.99. The number of nitrogens with one attached hydrogen (secondary N) is 1. The molecule has 100 valence electrons. The van der Waals surface area contributed by atoms with Crippen LogP contribution in [-0.4, -0.2) is 16.8 Å². The number of fused-ring (bicyclic) bond motifs is 1. The lowest BCUT2D eigenvalue weighted by molar-refractivity contribution is 0.345. The summed E-state index contributed by atoms with van der Waals surface area (Å²) in [5.74, 6) is 1.14. The first kappa shape index (κ1) is 13.2. The highest BCUT2D eigenvalue weighted by Crippen LogP contribution is 2.44. The second kappa shape index (κ2) is 5.27. The lowest BCUT2D eigenvalue weighted by Gasteiger charge is -2.39. The van der Waals surface area contributed by atoms with Crippen LogP contribution in [-0.2, 0) is 5.54 Å². The minimum Gasteiger partial charge on any atom is -0.299 e. The summed E-state index contributed by atoms with van der Waals surface area (Å²) < 4.78 is 0. The second-order valence-electron chi connectivity index (χ2n) is 5.14. The van der Waals surface area contributed by atoms with Crippen molar-refractivity contribution in [1.82, 2.24) is 10.3 Å². The first-order valence-corrected chi connectivity index (χ1v) is 8.49. The third-order valence-electron chi connectivity index (χ3n) is 3.41. The molecule has 19 heavy (non-hydrogen) atoms. The molecule has 0 spiro atoms. The SMILES string of the molecule is CC(C)NC1(c2nccs2)CCSc2ccccc21. The van der Waals surface area contributed by atoms with Crippen molar-refractivity contribution >= 4 is 23.1 Å². The number of hydrogen-bond acceptors (Lipinski definition) is 4. The van der Waals surface area contributed by atoms with Crippen LogP contribution in [0.15, 0.2) is 40.7 Å². The van der Waals surface area contributed by atoms with Crippen molar-refractivity contribution in [3.8, 4) is 0 Å². The van der Waals surface area contributed by atoms with Crippen molar-refractivity contribution in [2.75, 3.05) is 5.75 Å². The minimum atomic E-state index is -0.107. The number of thioether (sulfide) groups is 1. The molecule has 0 bridgehead atoms. The van der Waals surface area contributed by atoms with Gasteiger partial charge in [0.2, 0.25) is 0 Å². The fraction of sp³-hybridized carbons (Fsp3) is 0.400. The molecular formula is C15H18N2S2. The highest BCUT2D eigenvalue weighted by Gasteiger charge is 2.40. The Balaban J connectivity index is 2.16. The van der Waals surface area contributed by atoms with E-state index in [2.05, 4.69) is 53.8 Å². The van der Waals surface area contributed by atoms with Crippen molar-refractivity contribution in [3.63, 3.8) is 0 Å². The van der Waals surface area contributed by atoms with Crippen molar-refractivity contribution in [2.45, 2.75) is 36.7 Å². The van der Waals surface area contributed by atoms with Crippen molar-refractivity contribution < 1.29 is 0 Å². The normalized spacial score (nSPS) is 22.5. The molecule has 0 saturated carbocycles. The van der Waals surface area contributed by atoms with Gasteiger partial charge >= 0.3 is 0 Å². The maximum Gasteiger partial charge on any atom is 0.117 e. The molecule has 4 heteroatoms. The molecule has 2 nitrogen and oxygen atoms in total. The summed E-state index contributed by atoms with van der Waals surface area (Å²) >= 11 is 3.70. The van der Waals surface area contributed by atoms with Crippen molar-refractivity contribution in [1.29, 1.82) is 0 Å². The van der Waals surface area contributed by atoms with Gasteiger partial charge in [-0.1, -0.05) is 18.2 Å². The molecule has 0 saturated heterocycles. The third-order valence-corrected chi connectivity index (χ3v) is 5.42. The molecule has 3 rings (SSSR count). The van der Waals surface area contributed by atoms with Gasteiger partial charge in [-0.2, -0.15) is 0 Å². The Labute approximate surface area is 122 Å². The van der Waals surface area contributed by atoms with Crippen LogP contribution < -0.4 is 5.32 Å². The van der Waals surface area contributed by atoms with Crippen molar-refractivity contribution in [2.24, 2.45) is 0 Å². The summed E-state index contributed by atoms with van der Waals surface area (Å²) in [6.45, 7) is 4.42. The fourth-order valence-electron chi connectivity index (χ4n) is 2.75. The lowest BCUT2D eigenvalue weighted by atomic mass is 9.86. The Morgan fingerprint density at radius 1 is 1.32 bits per heavy atom. The zero-order valence-corrected chi connectivity index (χ0v) is 12.9. The first-order valence-electron chi connectivity index (χ1n) is 6.62. The summed E-state index contributed by atoms with van der Waals surface area (Å²) in [4.78, 5) is 6.00. The highest BCUT2D eigenvalue weighted by atomic mass is 32.2. The van der Waals surface area contributed by atoms with Gasteiger partial charge in [0.1, 0.15) is 5.01 Å². The van der Waals surface area contributed by atoms with Gasteiger partial charge in [-0.15, -0.1) is 23.1 Å².